The van der Waals surface area contributed by atoms with Crippen molar-refractivity contribution in [2.75, 3.05) is 19.8 Å². The number of nitrogens with zero attached hydrogens (tertiary/aromatic N) is 1. The van der Waals surface area contributed by atoms with Crippen LogP contribution >= 0.6 is 0 Å². The highest BCUT2D eigenvalue weighted by atomic mass is 16.6. The second-order valence-electron chi connectivity index (χ2n) is 6.03. The molecular formula is C18H18N2O4. The summed E-state index contributed by atoms with van der Waals surface area (Å²) in [5, 5.41) is 0. The minimum absolute atomic E-state index is 0.0144. The fraction of sp³-hybridized carbons (Fsp3) is 0.333. The summed E-state index contributed by atoms with van der Waals surface area (Å²) in [5.41, 5.74) is 2.50. The van der Waals surface area contributed by atoms with Gasteiger partial charge < -0.3 is 19.4 Å². The Morgan fingerprint density at radius 2 is 2.00 bits per heavy atom. The molecular weight excluding hydrogens is 308 g/mol. The number of ether oxygens (including phenoxy) is 2. The highest BCUT2D eigenvalue weighted by Crippen LogP contribution is 2.31. The van der Waals surface area contributed by atoms with E-state index in [9.17, 15) is 9.59 Å². The van der Waals surface area contributed by atoms with Gasteiger partial charge in [-0.05, 0) is 35.7 Å². The van der Waals surface area contributed by atoms with Crippen LogP contribution in [0.25, 0.3) is 0 Å². The SMILES string of the molecule is O=C(Cc1ccc2c(c1)OCCO2)N1CCc2cc[nH]c(=O)c2C1. The molecule has 1 aromatic carbocycles. The van der Waals surface area contributed by atoms with E-state index in [1.54, 1.807) is 11.1 Å². The summed E-state index contributed by atoms with van der Waals surface area (Å²) >= 11 is 0. The number of benzene rings is 1. The van der Waals surface area contributed by atoms with Crippen LogP contribution in [0.5, 0.6) is 11.5 Å². The van der Waals surface area contributed by atoms with Crippen LogP contribution in [0.15, 0.2) is 35.3 Å². The van der Waals surface area contributed by atoms with Crippen LogP contribution in [0.1, 0.15) is 16.7 Å². The third-order valence-electron chi connectivity index (χ3n) is 4.48. The molecule has 0 bridgehead atoms. The lowest BCUT2D eigenvalue weighted by Gasteiger charge is -2.28. The van der Waals surface area contributed by atoms with Gasteiger partial charge in [0.1, 0.15) is 13.2 Å². The molecule has 0 fully saturated rings. The molecule has 0 saturated heterocycles. The lowest BCUT2D eigenvalue weighted by Crippen LogP contribution is -2.39. The van der Waals surface area contributed by atoms with Gasteiger partial charge in [0.25, 0.3) is 5.56 Å². The summed E-state index contributed by atoms with van der Waals surface area (Å²) < 4.78 is 11.1. The molecule has 0 spiro atoms. The van der Waals surface area contributed by atoms with Crippen LogP contribution in [0.4, 0.5) is 0 Å². The fourth-order valence-electron chi connectivity index (χ4n) is 3.18. The van der Waals surface area contributed by atoms with Crippen molar-refractivity contribution in [3.05, 3.63) is 57.5 Å². The lowest BCUT2D eigenvalue weighted by atomic mass is 10.0. The molecule has 0 unspecified atom stereocenters. The molecule has 2 aromatic rings. The van der Waals surface area contributed by atoms with Gasteiger partial charge >= 0.3 is 0 Å². The molecule has 0 aliphatic carbocycles. The smallest absolute Gasteiger partial charge is 0.253 e. The first-order chi connectivity index (χ1) is 11.7. The standard InChI is InChI=1S/C18H18N2O4/c21-17(10-12-1-2-15-16(9-12)24-8-7-23-15)20-6-4-13-3-5-19-18(22)14(13)11-20/h1-3,5,9H,4,6-8,10-11H2,(H,19,22). The van der Waals surface area contributed by atoms with Crippen LogP contribution in [0.3, 0.4) is 0 Å². The van der Waals surface area contributed by atoms with E-state index in [1.165, 1.54) is 0 Å². The average molecular weight is 326 g/mol. The summed E-state index contributed by atoms with van der Waals surface area (Å²) in [6.07, 6.45) is 2.66. The Morgan fingerprint density at radius 1 is 1.17 bits per heavy atom. The molecule has 124 valence electrons. The highest BCUT2D eigenvalue weighted by molar-refractivity contribution is 5.79. The van der Waals surface area contributed by atoms with Gasteiger partial charge in [-0.15, -0.1) is 0 Å². The average Bonchev–Trinajstić information content (AvgIpc) is 2.62. The summed E-state index contributed by atoms with van der Waals surface area (Å²) in [7, 11) is 0. The molecule has 24 heavy (non-hydrogen) atoms. The number of H-pyrrole nitrogens is 1. The predicted molar refractivity (Wildman–Crippen MR) is 87.3 cm³/mol. The maximum Gasteiger partial charge on any atom is 0.253 e. The van der Waals surface area contributed by atoms with Gasteiger partial charge in [0, 0.05) is 18.3 Å². The lowest BCUT2D eigenvalue weighted by molar-refractivity contribution is -0.131. The number of fused-ring (bicyclic) bond motifs is 2. The first-order valence-corrected chi connectivity index (χ1v) is 8.06. The molecule has 6 heteroatoms. The molecule has 1 N–H and O–H groups in total. The second-order valence-corrected chi connectivity index (χ2v) is 6.03. The van der Waals surface area contributed by atoms with E-state index in [1.807, 2.05) is 24.3 Å². The molecule has 4 rings (SSSR count). The van der Waals surface area contributed by atoms with Crippen molar-refractivity contribution >= 4 is 5.91 Å². The normalized spacial score (nSPS) is 15.8. The zero-order valence-electron chi connectivity index (χ0n) is 13.2. The van der Waals surface area contributed by atoms with E-state index in [0.717, 1.165) is 16.9 Å². The minimum atomic E-state index is -0.107. The van der Waals surface area contributed by atoms with Crippen molar-refractivity contribution < 1.29 is 14.3 Å². The Balaban J connectivity index is 1.49. The zero-order valence-corrected chi connectivity index (χ0v) is 13.2. The van der Waals surface area contributed by atoms with Gasteiger partial charge in [-0.3, -0.25) is 9.59 Å². The first kappa shape index (κ1) is 14.8. The molecule has 3 heterocycles. The molecule has 0 atom stereocenters. The van der Waals surface area contributed by atoms with E-state index in [0.29, 0.717) is 44.0 Å². The van der Waals surface area contributed by atoms with Crippen LogP contribution in [0.2, 0.25) is 0 Å². The number of rotatable bonds is 2. The third kappa shape index (κ3) is 2.75. The number of hydrogen-bond donors (Lipinski definition) is 1. The second kappa shape index (κ2) is 6.03. The van der Waals surface area contributed by atoms with Crippen molar-refractivity contribution in [3.8, 4) is 11.5 Å². The van der Waals surface area contributed by atoms with Crippen molar-refractivity contribution in [1.29, 1.82) is 0 Å². The minimum Gasteiger partial charge on any atom is -0.486 e. The van der Waals surface area contributed by atoms with Gasteiger partial charge in [-0.25, -0.2) is 0 Å². The molecule has 1 amide bonds. The van der Waals surface area contributed by atoms with Crippen molar-refractivity contribution in [2.24, 2.45) is 0 Å². The van der Waals surface area contributed by atoms with Gasteiger partial charge in [0.15, 0.2) is 11.5 Å². The van der Waals surface area contributed by atoms with E-state index in [4.69, 9.17) is 9.47 Å². The number of carbonyl (C=O) groups is 1. The molecule has 2 aliphatic rings. The molecule has 0 radical (unpaired) electrons. The Morgan fingerprint density at radius 3 is 2.88 bits per heavy atom. The molecule has 6 nitrogen and oxygen atoms in total. The largest absolute Gasteiger partial charge is 0.486 e. The van der Waals surface area contributed by atoms with E-state index in [2.05, 4.69) is 4.98 Å². The maximum atomic E-state index is 12.6. The zero-order chi connectivity index (χ0) is 16.5. The Labute approximate surface area is 139 Å². The van der Waals surface area contributed by atoms with Crippen LogP contribution in [0, 0.1) is 0 Å². The molecule has 1 aromatic heterocycles. The Hall–Kier alpha value is -2.76. The van der Waals surface area contributed by atoms with Crippen molar-refractivity contribution in [3.63, 3.8) is 0 Å². The predicted octanol–water partition coefficient (Wildman–Crippen LogP) is 1.27. The van der Waals surface area contributed by atoms with E-state index < -0.39 is 0 Å². The van der Waals surface area contributed by atoms with Crippen molar-refractivity contribution in [1.82, 2.24) is 9.88 Å². The molecule has 2 aliphatic heterocycles. The number of carbonyl (C=O) groups excluding carboxylic acids is 1. The van der Waals surface area contributed by atoms with Crippen LogP contribution in [-0.2, 0) is 24.2 Å². The van der Waals surface area contributed by atoms with Crippen molar-refractivity contribution in [2.45, 2.75) is 19.4 Å². The van der Waals surface area contributed by atoms with Gasteiger partial charge in [0.05, 0.1) is 13.0 Å². The van der Waals surface area contributed by atoms with Crippen LogP contribution in [-0.4, -0.2) is 35.5 Å². The van der Waals surface area contributed by atoms with E-state index in [-0.39, 0.29) is 17.9 Å². The van der Waals surface area contributed by atoms with Gasteiger partial charge in [0.2, 0.25) is 5.91 Å². The molecule has 0 saturated carbocycles. The topological polar surface area (TPSA) is 71.6 Å². The maximum absolute atomic E-state index is 12.6. The number of aromatic amines is 1. The summed E-state index contributed by atoms with van der Waals surface area (Å²) in [4.78, 5) is 28.9. The van der Waals surface area contributed by atoms with Gasteiger partial charge in [-0.1, -0.05) is 6.07 Å². The van der Waals surface area contributed by atoms with E-state index >= 15 is 0 Å². The monoisotopic (exact) mass is 326 g/mol. The van der Waals surface area contributed by atoms with Gasteiger partial charge in [-0.2, -0.15) is 0 Å². The number of amides is 1. The summed E-state index contributed by atoms with van der Waals surface area (Å²) in [6.45, 7) is 2.08. The van der Waals surface area contributed by atoms with Crippen LogP contribution < -0.4 is 15.0 Å². The highest BCUT2D eigenvalue weighted by Gasteiger charge is 2.23. The number of aromatic nitrogens is 1. The number of hydrogen-bond acceptors (Lipinski definition) is 4. The summed E-state index contributed by atoms with van der Waals surface area (Å²) in [5.74, 6) is 1.42. The quantitative estimate of drug-likeness (QED) is 0.902. The first-order valence-electron chi connectivity index (χ1n) is 8.06. The number of pyridine rings is 1. The number of nitrogens with one attached hydrogen (secondary N) is 1. The summed E-state index contributed by atoms with van der Waals surface area (Å²) in [6, 6.07) is 7.50. The fourth-order valence-corrected chi connectivity index (χ4v) is 3.18. The third-order valence-corrected chi connectivity index (χ3v) is 4.48. The Kier molecular flexibility index (Phi) is 3.72. The Bertz CT molecular complexity index is 843.